The Morgan fingerprint density at radius 2 is 1.22 bits per heavy atom. The maximum absolute atomic E-state index is 6.72. The number of rotatable bonds is 1. The number of halogens is 2. The molecule has 0 bridgehead atoms. The number of hydrogen-bond donors (Lipinski definition) is 2. The van der Waals surface area contributed by atoms with Gasteiger partial charge in [-0.2, -0.15) is 0 Å². The first-order valence-corrected chi connectivity index (χ1v) is 6.87. The van der Waals surface area contributed by atoms with E-state index in [-0.39, 0.29) is 0 Å². The van der Waals surface area contributed by atoms with Crippen LogP contribution in [-0.4, -0.2) is 11.4 Å². The number of hydrogen-bond acceptors (Lipinski definition) is 2. The van der Waals surface area contributed by atoms with Gasteiger partial charge in [-0.15, -0.1) is 0 Å². The van der Waals surface area contributed by atoms with E-state index in [1.807, 2.05) is 0 Å². The average Bonchev–Trinajstić information content (AvgIpc) is 1.68. The summed E-state index contributed by atoms with van der Waals surface area (Å²) in [6, 6.07) is 0. The molecule has 0 radical (unpaired) electrons. The van der Waals surface area contributed by atoms with Crippen LogP contribution in [0.2, 0.25) is 0 Å². The molecular formula is C4H8Br2N2Ni. The molecule has 0 fully saturated rings. The van der Waals surface area contributed by atoms with Gasteiger partial charge in [-0.3, -0.25) is 0 Å². The van der Waals surface area contributed by atoms with Gasteiger partial charge in [0, 0.05) is 11.4 Å². The second kappa shape index (κ2) is 8.79. The molecule has 0 aliphatic rings. The van der Waals surface area contributed by atoms with E-state index in [1.165, 1.54) is 10.9 Å². The van der Waals surface area contributed by atoms with Crippen LogP contribution < -0.4 is 0 Å². The summed E-state index contributed by atoms with van der Waals surface area (Å²) in [5.74, 6) is 0. The average molecular weight is 303 g/mol. The summed E-state index contributed by atoms with van der Waals surface area (Å²) in [6.45, 7) is 3.20. The third-order valence-corrected chi connectivity index (χ3v) is 0.562. The van der Waals surface area contributed by atoms with Gasteiger partial charge in [-0.25, -0.2) is 0 Å². The molecule has 0 saturated carbocycles. The van der Waals surface area contributed by atoms with Crippen molar-refractivity contribution in [2.75, 3.05) is 0 Å². The second-order valence-electron chi connectivity index (χ2n) is 1.30. The molecule has 5 heteroatoms. The zero-order valence-electron chi connectivity index (χ0n) is 5.07. The molecule has 0 aliphatic heterocycles. The summed E-state index contributed by atoms with van der Waals surface area (Å²) in [5.41, 5.74) is 0.685. The third-order valence-electron chi connectivity index (χ3n) is 0.562. The Labute approximate surface area is 75.2 Å². The molecule has 9 heavy (non-hydrogen) atoms. The molecule has 2 N–H and O–H groups in total. The van der Waals surface area contributed by atoms with E-state index in [4.69, 9.17) is 10.8 Å². The fourth-order valence-electron chi connectivity index (χ4n) is 0. The monoisotopic (exact) mass is 300 g/mol. The van der Waals surface area contributed by atoms with Crippen molar-refractivity contribution < 1.29 is 10.9 Å². The molecule has 0 aliphatic carbocycles. The Morgan fingerprint density at radius 1 is 1.11 bits per heavy atom. The van der Waals surface area contributed by atoms with Crippen LogP contribution in [0.4, 0.5) is 0 Å². The molecular weight excluding hydrogens is 295 g/mol. The quantitative estimate of drug-likeness (QED) is 0.553. The Hall–Kier alpha value is 0.794. The third kappa shape index (κ3) is 17.7. The molecule has 0 unspecified atom stereocenters. The van der Waals surface area contributed by atoms with Crippen LogP contribution in [-0.2, 0) is 10.9 Å². The Morgan fingerprint density at radius 3 is 1.22 bits per heavy atom. The van der Waals surface area contributed by atoms with Gasteiger partial charge in [0.15, 0.2) is 0 Å². The summed E-state index contributed by atoms with van der Waals surface area (Å²) >= 11 is 6.00. The molecule has 58 valence electrons. The van der Waals surface area contributed by atoms with E-state index >= 15 is 0 Å². The first-order valence-electron chi connectivity index (χ1n) is 1.99. The van der Waals surface area contributed by atoms with Gasteiger partial charge in [0.1, 0.15) is 0 Å². The molecule has 0 saturated heterocycles. The van der Waals surface area contributed by atoms with Gasteiger partial charge < -0.3 is 10.8 Å². The van der Waals surface area contributed by atoms with E-state index in [9.17, 15) is 0 Å². The van der Waals surface area contributed by atoms with Crippen molar-refractivity contribution in [3.05, 3.63) is 0 Å². The van der Waals surface area contributed by atoms with Gasteiger partial charge in [-0.05, 0) is 13.8 Å². The van der Waals surface area contributed by atoms with Gasteiger partial charge in [-0.1, -0.05) is 0 Å². The standard InChI is InChI=1S/C4H8N2.2BrH.Ni/c1-3(5)4(2)6;;;/h5-6H,1-2H3;2*1H;/q;;;+2/p-2. The van der Waals surface area contributed by atoms with E-state index in [1.54, 1.807) is 13.8 Å². The van der Waals surface area contributed by atoms with Crippen molar-refractivity contribution >= 4 is 39.9 Å². The molecule has 0 amide bonds. The van der Waals surface area contributed by atoms with Crippen molar-refractivity contribution in [3.63, 3.8) is 0 Å². The van der Waals surface area contributed by atoms with Crippen molar-refractivity contribution in [2.24, 2.45) is 0 Å². The first kappa shape index (κ1) is 12.5. The minimum atomic E-state index is 0.343. The fourth-order valence-corrected chi connectivity index (χ4v) is 0. The fraction of sp³-hybridized carbons (Fsp3) is 0.500. The molecule has 0 aromatic heterocycles. The van der Waals surface area contributed by atoms with Crippen LogP contribution in [0, 0.1) is 10.8 Å². The summed E-state index contributed by atoms with van der Waals surface area (Å²) in [5, 5.41) is 13.4. The SMILES string of the molecule is CC(=N)C(C)=N.[Br][Ni][Br]. The molecule has 0 atom stereocenters. The molecule has 0 aromatic rings. The van der Waals surface area contributed by atoms with Gasteiger partial charge in [0.05, 0.1) is 0 Å². The van der Waals surface area contributed by atoms with E-state index in [0.717, 1.165) is 0 Å². The van der Waals surface area contributed by atoms with Crippen molar-refractivity contribution in [1.82, 2.24) is 0 Å². The van der Waals surface area contributed by atoms with Crippen LogP contribution in [0.1, 0.15) is 13.8 Å². The first-order chi connectivity index (χ1) is 4.06. The van der Waals surface area contributed by atoms with Crippen LogP contribution in [0.15, 0.2) is 0 Å². The van der Waals surface area contributed by atoms with Crippen LogP contribution in [0.3, 0.4) is 0 Å². The summed E-state index contributed by atoms with van der Waals surface area (Å²) in [6.07, 6.45) is 0. The topological polar surface area (TPSA) is 47.7 Å². The van der Waals surface area contributed by atoms with Crippen molar-refractivity contribution in [3.8, 4) is 0 Å². The van der Waals surface area contributed by atoms with E-state index in [2.05, 4.69) is 28.5 Å². The predicted octanol–water partition coefficient (Wildman–Crippen LogP) is 2.75. The van der Waals surface area contributed by atoms with Crippen LogP contribution >= 0.6 is 28.5 Å². The molecule has 0 rings (SSSR count). The maximum atomic E-state index is 6.72. The zero-order chi connectivity index (χ0) is 7.86. The van der Waals surface area contributed by atoms with Crippen LogP contribution in [0.25, 0.3) is 0 Å². The van der Waals surface area contributed by atoms with Gasteiger partial charge >= 0.3 is 39.3 Å². The van der Waals surface area contributed by atoms with Crippen LogP contribution in [0.5, 0.6) is 0 Å². The molecule has 0 heterocycles. The second-order valence-corrected chi connectivity index (χ2v) is 6.28. The van der Waals surface area contributed by atoms with Crippen molar-refractivity contribution in [2.45, 2.75) is 13.8 Å². The predicted molar refractivity (Wildman–Crippen MR) is 44.7 cm³/mol. The Balaban J connectivity index is 0. The summed E-state index contributed by atoms with van der Waals surface area (Å²) in [4.78, 5) is 0. The van der Waals surface area contributed by atoms with Gasteiger partial charge in [0.25, 0.3) is 0 Å². The minimum absolute atomic E-state index is 0.343. The van der Waals surface area contributed by atoms with E-state index in [0.29, 0.717) is 11.4 Å². The molecule has 0 aromatic carbocycles. The molecule has 2 nitrogen and oxygen atoms in total. The van der Waals surface area contributed by atoms with Crippen molar-refractivity contribution in [1.29, 1.82) is 10.8 Å². The number of nitrogens with one attached hydrogen (secondary N) is 2. The van der Waals surface area contributed by atoms with Gasteiger partial charge in [0.2, 0.25) is 0 Å². The Kier molecular flexibility index (Phi) is 12.2. The summed E-state index contributed by atoms with van der Waals surface area (Å²) in [7, 11) is 1.25. The summed E-state index contributed by atoms with van der Waals surface area (Å²) < 4.78 is 0. The molecule has 0 spiro atoms. The van der Waals surface area contributed by atoms with E-state index < -0.39 is 0 Å². The Bertz CT molecular complexity index is 92.7. The normalized spacial score (nSPS) is 7.56. The zero-order valence-corrected chi connectivity index (χ0v) is 9.23.